The third-order valence-corrected chi connectivity index (χ3v) is 3.99. The zero-order chi connectivity index (χ0) is 11.7. The number of methoxy groups -OCH3 is 1. The van der Waals surface area contributed by atoms with Crippen LogP contribution in [0.15, 0.2) is 18.2 Å². The summed E-state index contributed by atoms with van der Waals surface area (Å²) in [6.45, 7) is 4.58. The number of benzene rings is 1. The molecule has 3 heteroatoms. The van der Waals surface area contributed by atoms with Gasteiger partial charge in [-0.15, -0.1) is 0 Å². The van der Waals surface area contributed by atoms with Crippen molar-refractivity contribution in [2.75, 3.05) is 33.3 Å². The monoisotopic (exact) mass is 232 g/mol. The van der Waals surface area contributed by atoms with Gasteiger partial charge in [-0.1, -0.05) is 6.07 Å². The summed E-state index contributed by atoms with van der Waals surface area (Å²) in [5.74, 6) is 0.991. The average molecular weight is 232 g/mol. The minimum absolute atomic E-state index is 0.613. The number of fused-ring (bicyclic) bond motifs is 1. The van der Waals surface area contributed by atoms with Gasteiger partial charge < -0.3 is 10.1 Å². The van der Waals surface area contributed by atoms with Crippen molar-refractivity contribution in [3.05, 3.63) is 29.3 Å². The summed E-state index contributed by atoms with van der Waals surface area (Å²) in [6.07, 6.45) is 2.48. The first kappa shape index (κ1) is 11.1. The molecule has 0 amide bonds. The van der Waals surface area contributed by atoms with Crippen LogP contribution in [0.4, 0.5) is 0 Å². The van der Waals surface area contributed by atoms with Crippen LogP contribution < -0.4 is 10.1 Å². The fourth-order valence-corrected chi connectivity index (χ4v) is 3.06. The Hall–Kier alpha value is -1.06. The van der Waals surface area contributed by atoms with Crippen LogP contribution in [0.25, 0.3) is 0 Å². The van der Waals surface area contributed by atoms with Crippen molar-refractivity contribution in [3.8, 4) is 5.75 Å². The maximum Gasteiger partial charge on any atom is 0.119 e. The molecule has 1 atom stereocenters. The Kier molecular flexibility index (Phi) is 3.04. The molecule has 0 aromatic heterocycles. The van der Waals surface area contributed by atoms with Crippen molar-refractivity contribution in [2.24, 2.45) is 0 Å². The van der Waals surface area contributed by atoms with E-state index in [0.717, 1.165) is 18.8 Å². The van der Waals surface area contributed by atoms with Gasteiger partial charge >= 0.3 is 0 Å². The maximum absolute atomic E-state index is 5.34. The third kappa shape index (κ3) is 2.05. The van der Waals surface area contributed by atoms with E-state index in [1.54, 1.807) is 7.11 Å². The average Bonchev–Trinajstić information content (AvgIpc) is 2.82. The summed E-state index contributed by atoms with van der Waals surface area (Å²) < 4.78 is 5.34. The molecule has 3 nitrogen and oxygen atoms in total. The van der Waals surface area contributed by atoms with E-state index in [4.69, 9.17) is 4.74 Å². The zero-order valence-electron chi connectivity index (χ0n) is 10.4. The lowest BCUT2D eigenvalue weighted by atomic mass is 10.1. The summed E-state index contributed by atoms with van der Waals surface area (Å²) in [7, 11) is 1.75. The second-order valence-corrected chi connectivity index (χ2v) is 4.91. The SMILES string of the molecule is COc1ccc2c(c1)C(N1CCNCC1)CC2. The number of hydrogen-bond acceptors (Lipinski definition) is 3. The highest BCUT2D eigenvalue weighted by Crippen LogP contribution is 2.37. The largest absolute Gasteiger partial charge is 0.497 e. The number of rotatable bonds is 2. The van der Waals surface area contributed by atoms with Crippen LogP contribution in [-0.4, -0.2) is 38.2 Å². The molecule has 1 aliphatic heterocycles. The van der Waals surface area contributed by atoms with Crippen molar-refractivity contribution in [1.29, 1.82) is 0 Å². The zero-order valence-corrected chi connectivity index (χ0v) is 10.4. The Bertz CT molecular complexity index is 399. The van der Waals surface area contributed by atoms with Crippen LogP contribution in [0.1, 0.15) is 23.6 Å². The van der Waals surface area contributed by atoms with Gasteiger partial charge in [0.05, 0.1) is 7.11 Å². The van der Waals surface area contributed by atoms with E-state index in [-0.39, 0.29) is 0 Å². The van der Waals surface area contributed by atoms with Gasteiger partial charge in [0, 0.05) is 32.2 Å². The number of aryl methyl sites for hydroxylation is 1. The second-order valence-electron chi connectivity index (χ2n) is 4.91. The first-order chi connectivity index (χ1) is 8.38. The quantitative estimate of drug-likeness (QED) is 0.838. The van der Waals surface area contributed by atoms with Gasteiger partial charge in [0.25, 0.3) is 0 Å². The molecule has 92 valence electrons. The number of piperazine rings is 1. The molecule has 1 fully saturated rings. The first-order valence-corrected chi connectivity index (χ1v) is 6.50. The van der Waals surface area contributed by atoms with Crippen LogP contribution in [0.3, 0.4) is 0 Å². The molecule has 1 aliphatic carbocycles. The van der Waals surface area contributed by atoms with E-state index < -0.39 is 0 Å². The molecule has 3 rings (SSSR count). The molecule has 0 spiro atoms. The van der Waals surface area contributed by atoms with Crippen molar-refractivity contribution in [3.63, 3.8) is 0 Å². The van der Waals surface area contributed by atoms with Gasteiger partial charge in [0.1, 0.15) is 5.75 Å². The lowest BCUT2D eigenvalue weighted by molar-refractivity contribution is 0.173. The summed E-state index contributed by atoms with van der Waals surface area (Å²) >= 11 is 0. The van der Waals surface area contributed by atoms with Crippen LogP contribution in [0.5, 0.6) is 5.75 Å². The number of hydrogen-bond donors (Lipinski definition) is 1. The van der Waals surface area contributed by atoms with Gasteiger partial charge in [0.15, 0.2) is 0 Å². The molecular formula is C14H20N2O. The third-order valence-electron chi connectivity index (χ3n) is 3.99. The van der Waals surface area contributed by atoms with Gasteiger partial charge in [-0.2, -0.15) is 0 Å². The van der Waals surface area contributed by atoms with Crippen LogP contribution in [0, 0.1) is 0 Å². The molecule has 1 unspecified atom stereocenters. The first-order valence-electron chi connectivity index (χ1n) is 6.50. The molecule has 0 bridgehead atoms. The topological polar surface area (TPSA) is 24.5 Å². The van der Waals surface area contributed by atoms with Crippen LogP contribution >= 0.6 is 0 Å². The molecule has 0 saturated carbocycles. The van der Waals surface area contributed by atoms with E-state index in [2.05, 4.69) is 28.4 Å². The minimum Gasteiger partial charge on any atom is -0.497 e. The smallest absolute Gasteiger partial charge is 0.119 e. The summed E-state index contributed by atoms with van der Waals surface area (Å²) in [4.78, 5) is 2.61. The van der Waals surface area contributed by atoms with Crippen molar-refractivity contribution >= 4 is 0 Å². The highest BCUT2D eigenvalue weighted by molar-refractivity contribution is 5.40. The van der Waals surface area contributed by atoms with Gasteiger partial charge in [-0.05, 0) is 36.1 Å². The molecular weight excluding hydrogens is 212 g/mol. The fraction of sp³-hybridized carbons (Fsp3) is 0.571. The predicted octanol–water partition coefficient (Wildman–Crippen LogP) is 1.59. The number of nitrogens with one attached hydrogen (secondary N) is 1. The Morgan fingerprint density at radius 3 is 2.88 bits per heavy atom. The molecule has 1 aromatic rings. The Labute approximate surface area is 103 Å². The minimum atomic E-state index is 0.613. The molecule has 1 heterocycles. The highest BCUT2D eigenvalue weighted by Gasteiger charge is 2.28. The predicted molar refractivity (Wildman–Crippen MR) is 68.5 cm³/mol. The lowest BCUT2D eigenvalue weighted by Crippen LogP contribution is -2.44. The highest BCUT2D eigenvalue weighted by atomic mass is 16.5. The molecule has 1 N–H and O–H groups in total. The Morgan fingerprint density at radius 1 is 1.29 bits per heavy atom. The fourth-order valence-electron chi connectivity index (χ4n) is 3.06. The van der Waals surface area contributed by atoms with E-state index >= 15 is 0 Å². The van der Waals surface area contributed by atoms with E-state index in [9.17, 15) is 0 Å². The molecule has 2 aliphatic rings. The Morgan fingerprint density at radius 2 is 2.12 bits per heavy atom. The van der Waals surface area contributed by atoms with Gasteiger partial charge in [-0.3, -0.25) is 4.90 Å². The normalized spacial score (nSPS) is 24.6. The molecule has 1 saturated heterocycles. The number of nitrogens with zero attached hydrogens (tertiary/aromatic N) is 1. The number of ether oxygens (including phenoxy) is 1. The second kappa shape index (κ2) is 4.67. The van der Waals surface area contributed by atoms with E-state index in [1.165, 1.54) is 37.1 Å². The molecule has 0 radical (unpaired) electrons. The van der Waals surface area contributed by atoms with E-state index in [1.807, 2.05) is 0 Å². The lowest BCUT2D eigenvalue weighted by Gasteiger charge is -2.33. The van der Waals surface area contributed by atoms with Crippen molar-refractivity contribution < 1.29 is 4.74 Å². The summed E-state index contributed by atoms with van der Waals surface area (Å²) in [6, 6.07) is 7.16. The van der Waals surface area contributed by atoms with Gasteiger partial charge in [-0.25, -0.2) is 0 Å². The molecule has 1 aromatic carbocycles. The summed E-state index contributed by atoms with van der Waals surface area (Å²) in [5.41, 5.74) is 3.00. The Balaban J connectivity index is 1.85. The van der Waals surface area contributed by atoms with Crippen molar-refractivity contribution in [1.82, 2.24) is 10.2 Å². The van der Waals surface area contributed by atoms with Crippen molar-refractivity contribution in [2.45, 2.75) is 18.9 Å². The van der Waals surface area contributed by atoms with E-state index in [0.29, 0.717) is 6.04 Å². The summed E-state index contributed by atoms with van der Waals surface area (Å²) in [5, 5.41) is 3.42. The van der Waals surface area contributed by atoms with Crippen LogP contribution in [-0.2, 0) is 6.42 Å². The standard InChI is InChI=1S/C14H20N2O/c1-17-12-4-2-11-3-5-14(13(11)10-12)16-8-6-15-7-9-16/h2,4,10,14-15H,3,5-9H2,1H3. The van der Waals surface area contributed by atoms with Gasteiger partial charge in [0.2, 0.25) is 0 Å². The molecule has 17 heavy (non-hydrogen) atoms. The van der Waals surface area contributed by atoms with Crippen LogP contribution in [0.2, 0.25) is 0 Å². The maximum atomic E-state index is 5.34.